The number of hydrogen-bond donors (Lipinski definition) is 0. The van der Waals surface area contributed by atoms with E-state index in [9.17, 15) is 4.79 Å². The summed E-state index contributed by atoms with van der Waals surface area (Å²) in [5.74, 6) is 0.223. The molecule has 2 rings (SSSR count). The summed E-state index contributed by atoms with van der Waals surface area (Å²) in [6, 6.07) is 0. The number of hydrogen-bond acceptors (Lipinski definition) is 2. The highest BCUT2D eigenvalue weighted by atomic mass is 16.5. The molecule has 2 fully saturated rings. The van der Waals surface area contributed by atoms with Crippen LogP contribution in [0.5, 0.6) is 0 Å². The fourth-order valence-corrected chi connectivity index (χ4v) is 2.72. The fraction of sp³-hybridized carbons (Fsp3) is 0.909. The van der Waals surface area contributed by atoms with Gasteiger partial charge in [-0.2, -0.15) is 0 Å². The average Bonchev–Trinajstić information content (AvgIpc) is 2.84. The van der Waals surface area contributed by atoms with E-state index in [1.54, 1.807) is 14.0 Å². The molecule has 1 saturated heterocycles. The van der Waals surface area contributed by atoms with Gasteiger partial charge in [-0.1, -0.05) is 0 Å². The van der Waals surface area contributed by atoms with Crippen LogP contribution in [-0.4, -0.2) is 35.6 Å². The number of likely N-dealkylation sites (tertiary alicyclic amines) is 1. The lowest BCUT2D eigenvalue weighted by Gasteiger charge is -2.44. The topological polar surface area (TPSA) is 29.5 Å². The Bertz CT molecular complexity index is 260. The van der Waals surface area contributed by atoms with Gasteiger partial charge in [0.15, 0.2) is 0 Å². The van der Waals surface area contributed by atoms with Gasteiger partial charge < -0.3 is 9.64 Å². The fourth-order valence-electron chi connectivity index (χ4n) is 2.72. The zero-order valence-electron chi connectivity index (χ0n) is 9.30. The molecule has 3 nitrogen and oxygen atoms in total. The van der Waals surface area contributed by atoms with Gasteiger partial charge in [0, 0.05) is 26.1 Å². The van der Waals surface area contributed by atoms with Crippen LogP contribution in [-0.2, 0) is 9.53 Å². The van der Waals surface area contributed by atoms with Crippen LogP contribution in [0.25, 0.3) is 0 Å². The minimum absolute atomic E-state index is 0.0115. The van der Waals surface area contributed by atoms with Crippen molar-refractivity contribution >= 4 is 5.91 Å². The van der Waals surface area contributed by atoms with Crippen molar-refractivity contribution in [2.75, 3.05) is 13.7 Å². The second-order valence-electron chi connectivity index (χ2n) is 4.98. The molecule has 14 heavy (non-hydrogen) atoms. The number of piperidine rings is 1. The van der Waals surface area contributed by atoms with Crippen molar-refractivity contribution in [3.05, 3.63) is 0 Å². The van der Waals surface area contributed by atoms with Crippen LogP contribution in [0.3, 0.4) is 0 Å². The van der Waals surface area contributed by atoms with Gasteiger partial charge in [-0.3, -0.25) is 4.79 Å². The van der Waals surface area contributed by atoms with E-state index in [2.05, 4.69) is 6.92 Å². The second-order valence-corrected chi connectivity index (χ2v) is 4.98. The van der Waals surface area contributed by atoms with Gasteiger partial charge in [0.05, 0.1) is 5.60 Å². The standard InChI is InChI=1S/C11H19NO2/c1-9(13)12-7-6-10(2,14-3)8-11(12)4-5-11/h4-8H2,1-3H3. The normalized spacial score (nSPS) is 34.6. The number of carbonyl (C=O) groups excluding carboxylic acids is 1. The molecule has 1 unspecified atom stereocenters. The molecule has 0 N–H and O–H groups in total. The molecule has 0 aromatic rings. The first-order valence-electron chi connectivity index (χ1n) is 5.35. The van der Waals surface area contributed by atoms with Crippen molar-refractivity contribution in [3.63, 3.8) is 0 Å². The van der Waals surface area contributed by atoms with Gasteiger partial charge in [-0.15, -0.1) is 0 Å². The third-order valence-electron chi connectivity index (χ3n) is 3.84. The van der Waals surface area contributed by atoms with Gasteiger partial charge in [-0.05, 0) is 32.6 Å². The maximum atomic E-state index is 11.4. The summed E-state index contributed by atoms with van der Waals surface area (Å²) < 4.78 is 5.54. The predicted octanol–water partition coefficient (Wildman–Crippen LogP) is 1.57. The smallest absolute Gasteiger partial charge is 0.219 e. The van der Waals surface area contributed by atoms with Crippen LogP contribution in [0.2, 0.25) is 0 Å². The molecule has 1 spiro atoms. The van der Waals surface area contributed by atoms with Crippen molar-refractivity contribution < 1.29 is 9.53 Å². The van der Waals surface area contributed by atoms with E-state index >= 15 is 0 Å². The lowest BCUT2D eigenvalue weighted by Crippen LogP contribution is -2.53. The first-order valence-corrected chi connectivity index (χ1v) is 5.35. The van der Waals surface area contributed by atoms with Crippen LogP contribution in [0, 0.1) is 0 Å². The summed E-state index contributed by atoms with van der Waals surface area (Å²) >= 11 is 0. The minimum atomic E-state index is -0.0115. The Labute approximate surface area is 85.4 Å². The number of carbonyl (C=O) groups is 1. The zero-order chi connectivity index (χ0) is 10.4. The Kier molecular flexibility index (Phi) is 2.11. The first kappa shape index (κ1) is 9.97. The van der Waals surface area contributed by atoms with E-state index in [1.807, 2.05) is 4.90 Å². The third kappa shape index (κ3) is 1.44. The minimum Gasteiger partial charge on any atom is -0.378 e. The summed E-state index contributed by atoms with van der Waals surface area (Å²) in [4.78, 5) is 13.5. The first-order chi connectivity index (χ1) is 6.51. The molecule has 1 aliphatic carbocycles. The summed E-state index contributed by atoms with van der Waals surface area (Å²) in [7, 11) is 1.78. The van der Waals surface area contributed by atoms with Crippen LogP contribution in [0.15, 0.2) is 0 Å². The van der Waals surface area contributed by atoms with E-state index in [0.717, 1.165) is 32.2 Å². The maximum Gasteiger partial charge on any atom is 0.219 e. The second kappa shape index (κ2) is 2.96. The molecule has 1 heterocycles. The van der Waals surface area contributed by atoms with Crippen LogP contribution in [0.4, 0.5) is 0 Å². The van der Waals surface area contributed by atoms with Gasteiger partial charge in [0.1, 0.15) is 0 Å². The lowest BCUT2D eigenvalue weighted by molar-refractivity contribution is -0.140. The lowest BCUT2D eigenvalue weighted by atomic mass is 9.86. The van der Waals surface area contributed by atoms with Crippen molar-refractivity contribution in [1.82, 2.24) is 4.90 Å². The molecule has 0 aromatic heterocycles. The molecule has 0 bridgehead atoms. The van der Waals surface area contributed by atoms with E-state index < -0.39 is 0 Å². The Morgan fingerprint density at radius 2 is 2.00 bits per heavy atom. The van der Waals surface area contributed by atoms with Crippen molar-refractivity contribution in [3.8, 4) is 0 Å². The van der Waals surface area contributed by atoms with Gasteiger partial charge in [0.2, 0.25) is 5.91 Å². The Balaban J connectivity index is 2.13. The molecule has 1 amide bonds. The third-order valence-corrected chi connectivity index (χ3v) is 3.84. The average molecular weight is 197 g/mol. The number of rotatable bonds is 1. The van der Waals surface area contributed by atoms with E-state index in [4.69, 9.17) is 4.74 Å². The van der Waals surface area contributed by atoms with Crippen molar-refractivity contribution in [2.45, 2.75) is 50.7 Å². The quantitative estimate of drug-likeness (QED) is 0.638. The molecule has 2 aliphatic rings. The number of ether oxygens (including phenoxy) is 1. The molecule has 0 radical (unpaired) electrons. The number of nitrogens with zero attached hydrogens (tertiary/aromatic N) is 1. The summed E-state index contributed by atoms with van der Waals surface area (Å²) in [5, 5.41) is 0. The van der Waals surface area contributed by atoms with E-state index in [0.29, 0.717) is 0 Å². The van der Waals surface area contributed by atoms with Gasteiger partial charge in [-0.25, -0.2) is 0 Å². The van der Waals surface area contributed by atoms with Crippen molar-refractivity contribution in [2.24, 2.45) is 0 Å². The SMILES string of the molecule is COC1(C)CCN(C(C)=O)C2(CC2)C1. The summed E-state index contributed by atoms with van der Waals surface area (Å²) in [6.07, 6.45) is 4.29. The molecule has 1 atom stereocenters. The van der Waals surface area contributed by atoms with Crippen LogP contribution < -0.4 is 0 Å². The molecular weight excluding hydrogens is 178 g/mol. The zero-order valence-corrected chi connectivity index (χ0v) is 9.30. The van der Waals surface area contributed by atoms with Crippen LogP contribution in [0.1, 0.15) is 39.5 Å². The predicted molar refractivity (Wildman–Crippen MR) is 54.0 cm³/mol. The largest absolute Gasteiger partial charge is 0.378 e. The highest BCUT2D eigenvalue weighted by Crippen LogP contribution is 2.51. The highest BCUT2D eigenvalue weighted by Gasteiger charge is 2.55. The monoisotopic (exact) mass is 197 g/mol. The summed E-state index contributed by atoms with van der Waals surface area (Å²) in [5.41, 5.74) is 0.150. The van der Waals surface area contributed by atoms with E-state index in [1.165, 1.54) is 0 Å². The molecule has 1 aliphatic heterocycles. The van der Waals surface area contributed by atoms with Gasteiger partial charge >= 0.3 is 0 Å². The number of methoxy groups -OCH3 is 1. The molecular formula is C11H19NO2. The Hall–Kier alpha value is -0.570. The Morgan fingerprint density at radius 3 is 2.43 bits per heavy atom. The molecule has 0 aromatic carbocycles. The molecule has 1 saturated carbocycles. The highest BCUT2D eigenvalue weighted by molar-refractivity contribution is 5.75. The molecule has 80 valence electrons. The van der Waals surface area contributed by atoms with Gasteiger partial charge in [0.25, 0.3) is 0 Å². The van der Waals surface area contributed by atoms with Crippen LogP contribution >= 0.6 is 0 Å². The summed E-state index contributed by atoms with van der Waals surface area (Å²) in [6.45, 7) is 4.69. The van der Waals surface area contributed by atoms with E-state index in [-0.39, 0.29) is 17.0 Å². The van der Waals surface area contributed by atoms with Crippen molar-refractivity contribution in [1.29, 1.82) is 0 Å². The number of amides is 1. The molecule has 3 heteroatoms. The Morgan fingerprint density at radius 1 is 1.36 bits per heavy atom. The maximum absolute atomic E-state index is 11.4.